The molecule has 0 saturated heterocycles. The molecule has 0 aliphatic heterocycles. The van der Waals surface area contributed by atoms with E-state index in [9.17, 15) is 14.8 Å². The van der Waals surface area contributed by atoms with Gasteiger partial charge in [-0.1, -0.05) is 54.4 Å². The molecule has 0 amide bonds. The van der Waals surface area contributed by atoms with E-state index in [1.54, 1.807) is 24.3 Å². The molecule has 2 aromatic rings. The number of benzene rings is 2. The highest BCUT2D eigenvalue weighted by Gasteiger charge is 2.26. The molecule has 2 rings (SSSR count). The molecule has 0 bridgehead atoms. The number of hydrogen-bond donors (Lipinski definition) is 1. The maximum atomic E-state index is 11.1. The summed E-state index contributed by atoms with van der Waals surface area (Å²) in [6, 6.07) is 10.9. The van der Waals surface area contributed by atoms with Crippen LogP contribution in [0.15, 0.2) is 41.6 Å². The van der Waals surface area contributed by atoms with E-state index in [4.69, 9.17) is 49.0 Å². The average molecular weight is 519 g/mol. The van der Waals surface area contributed by atoms with Gasteiger partial charge in [0, 0.05) is 12.3 Å². The number of alkyl halides is 1. The molecular formula is C23H26Cl3NO6. The first-order valence-corrected chi connectivity index (χ1v) is 11.4. The van der Waals surface area contributed by atoms with Gasteiger partial charge in [-0.2, -0.15) is 4.91 Å². The van der Waals surface area contributed by atoms with Gasteiger partial charge in [0.25, 0.3) is 0 Å². The quantitative estimate of drug-likeness (QED) is 0.230. The maximum Gasteiger partial charge on any atom is 0.303 e. The van der Waals surface area contributed by atoms with Gasteiger partial charge >= 0.3 is 5.97 Å². The Morgan fingerprint density at radius 2 is 1.67 bits per heavy atom. The number of hydrogen-bond acceptors (Lipinski definition) is 7. The van der Waals surface area contributed by atoms with E-state index in [-0.39, 0.29) is 31.4 Å². The summed E-state index contributed by atoms with van der Waals surface area (Å²) in [5.74, 6) is 0.375. The summed E-state index contributed by atoms with van der Waals surface area (Å²) in [7, 11) is 0. The molecule has 2 unspecified atom stereocenters. The summed E-state index contributed by atoms with van der Waals surface area (Å²) in [6.45, 7) is 5.11. The lowest BCUT2D eigenvalue weighted by molar-refractivity contribution is -0.147. The third kappa shape index (κ3) is 7.74. The van der Waals surface area contributed by atoms with Crippen LogP contribution < -0.4 is 9.47 Å². The number of aliphatic hydroxyl groups excluding tert-OH is 1. The minimum atomic E-state index is -0.824. The summed E-state index contributed by atoms with van der Waals surface area (Å²) in [5.41, 5.74) is 1.38. The van der Waals surface area contributed by atoms with Gasteiger partial charge in [0.05, 0.1) is 15.9 Å². The predicted octanol–water partition coefficient (Wildman–Crippen LogP) is 5.37. The topological polar surface area (TPSA) is 94.4 Å². The number of carbonyl (C=O) groups is 1. The van der Waals surface area contributed by atoms with Gasteiger partial charge in [-0.05, 0) is 35.4 Å². The number of nitroso groups, excluding NO2 is 1. The first kappa shape index (κ1) is 27.2. The summed E-state index contributed by atoms with van der Waals surface area (Å²) in [4.78, 5) is 21.6. The van der Waals surface area contributed by atoms with Crippen LogP contribution in [0.4, 0.5) is 0 Å². The van der Waals surface area contributed by atoms with Crippen LogP contribution >= 0.6 is 34.8 Å². The van der Waals surface area contributed by atoms with Crippen molar-refractivity contribution in [1.82, 2.24) is 0 Å². The van der Waals surface area contributed by atoms with E-state index in [2.05, 4.69) is 5.18 Å². The Morgan fingerprint density at radius 3 is 2.18 bits per heavy atom. The van der Waals surface area contributed by atoms with Gasteiger partial charge in [-0.3, -0.25) is 4.79 Å². The number of rotatable bonds is 12. The molecule has 0 aliphatic rings. The van der Waals surface area contributed by atoms with Crippen molar-refractivity contribution in [2.24, 2.45) is 5.18 Å². The van der Waals surface area contributed by atoms with E-state index >= 15 is 0 Å². The minimum Gasteiger partial charge on any atom is -0.490 e. The minimum absolute atomic E-state index is 0.0130. The summed E-state index contributed by atoms with van der Waals surface area (Å²) < 4.78 is 16.2. The third-order valence-corrected chi connectivity index (χ3v) is 5.86. The number of esters is 1. The summed E-state index contributed by atoms with van der Waals surface area (Å²) in [5, 5.41) is 13.0. The van der Waals surface area contributed by atoms with E-state index in [0.717, 1.165) is 11.1 Å². The monoisotopic (exact) mass is 517 g/mol. The number of nitrogens with zero attached hydrogens (tertiary/aromatic N) is 1. The van der Waals surface area contributed by atoms with Crippen molar-refractivity contribution >= 4 is 40.8 Å². The van der Waals surface area contributed by atoms with Crippen molar-refractivity contribution < 1.29 is 24.1 Å². The van der Waals surface area contributed by atoms with Crippen molar-refractivity contribution in [2.45, 2.75) is 38.4 Å². The van der Waals surface area contributed by atoms with Gasteiger partial charge in [-0.15, -0.1) is 11.6 Å². The molecule has 7 nitrogen and oxygen atoms in total. The lowest BCUT2D eigenvalue weighted by atomic mass is 9.78. The molecule has 0 fully saturated rings. The summed E-state index contributed by atoms with van der Waals surface area (Å²) >= 11 is 18.4. The lowest BCUT2D eigenvalue weighted by Gasteiger charge is -2.27. The number of halogens is 3. The van der Waals surface area contributed by atoms with Crippen LogP contribution in [0.5, 0.6) is 11.5 Å². The smallest absolute Gasteiger partial charge is 0.303 e. The summed E-state index contributed by atoms with van der Waals surface area (Å²) in [6.07, 6.45) is -1.57. The molecule has 0 saturated carbocycles. The Morgan fingerprint density at radius 1 is 1.06 bits per heavy atom. The third-order valence-electron chi connectivity index (χ3n) is 4.94. The largest absolute Gasteiger partial charge is 0.490 e. The molecular weight excluding hydrogens is 493 g/mol. The second-order valence-corrected chi connectivity index (χ2v) is 9.01. The van der Waals surface area contributed by atoms with Crippen LogP contribution in [0, 0.1) is 4.91 Å². The molecule has 2 atom stereocenters. The standard InChI is InChI=1S/C23H26Cl3NO6/c1-14(28)33-19(11-27-30)13-31-18-6-4-15(5-7-18)23(2,3)16-8-20(25)22(21(26)9-16)32-12-17(29)10-24/h4-9,17,19,29H,10-13H2,1-3H3. The lowest BCUT2D eigenvalue weighted by Crippen LogP contribution is -2.26. The molecule has 0 spiro atoms. The Balaban J connectivity index is 2.14. The second-order valence-electron chi connectivity index (χ2n) is 7.89. The fourth-order valence-corrected chi connectivity index (χ4v) is 3.73. The molecule has 0 aromatic heterocycles. The second kappa shape index (κ2) is 12.4. The Bertz CT molecular complexity index is 929. The molecule has 2 aromatic carbocycles. The first-order chi connectivity index (χ1) is 15.6. The maximum absolute atomic E-state index is 11.1. The molecule has 0 heterocycles. The molecule has 180 valence electrons. The predicted molar refractivity (Wildman–Crippen MR) is 129 cm³/mol. The van der Waals surface area contributed by atoms with Crippen LogP contribution in [0.3, 0.4) is 0 Å². The number of aliphatic hydroxyl groups is 1. The van der Waals surface area contributed by atoms with Gasteiger partial charge < -0.3 is 19.3 Å². The van der Waals surface area contributed by atoms with Crippen molar-refractivity contribution in [3.05, 3.63) is 62.5 Å². The molecule has 1 N–H and O–H groups in total. The number of carbonyl (C=O) groups excluding carboxylic acids is 1. The Hall–Kier alpha value is -2.06. The van der Waals surface area contributed by atoms with Crippen molar-refractivity contribution in [3.63, 3.8) is 0 Å². The zero-order chi connectivity index (χ0) is 24.6. The average Bonchev–Trinajstić information content (AvgIpc) is 2.76. The zero-order valence-corrected chi connectivity index (χ0v) is 20.8. The highest BCUT2D eigenvalue weighted by atomic mass is 35.5. The van der Waals surface area contributed by atoms with Crippen LogP contribution in [-0.4, -0.2) is 48.9 Å². The SMILES string of the molecule is CC(=O)OC(CN=O)COc1ccc(C(C)(C)c2cc(Cl)c(OCC(O)CCl)c(Cl)c2)cc1. The number of ether oxygens (including phenoxy) is 3. The van der Waals surface area contributed by atoms with Crippen molar-refractivity contribution in [2.75, 3.05) is 25.6 Å². The highest BCUT2D eigenvalue weighted by Crippen LogP contribution is 2.40. The fourth-order valence-electron chi connectivity index (χ4n) is 3.05. The van der Waals surface area contributed by atoms with Gasteiger partial charge in [0.15, 0.2) is 11.9 Å². The zero-order valence-electron chi connectivity index (χ0n) is 18.5. The molecule has 10 heteroatoms. The Kier molecular flexibility index (Phi) is 10.2. The van der Waals surface area contributed by atoms with Crippen LogP contribution in [0.1, 0.15) is 31.9 Å². The van der Waals surface area contributed by atoms with E-state index in [0.29, 0.717) is 15.8 Å². The van der Waals surface area contributed by atoms with E-state index in [1.165, 1.54) is 6.92 Å². The molecule has 0 aliphatic carbocycles. The van der Waals surface area contributed by atoms with E-state index < -0.39 is 23.6 Å². The Labute approximate surface area is 207 Å². The van der Waals surface area contributed by atoms with Crippen LogP contribution in [0.25, 0.3) is 0 Å². The molecule has 33 heavy (non-hydrogen) atoms. The van der Waals surface area contributed by atoms with Gasteiger partial charge in [0.1, 0.15) is 31.6 Å². The van der Waals surface area contributed by atoms with Crippen molar-refractivity contribution in [3.8, 4) is 11.5 Å². The van der Waals surface area contributed by atoms with Gasteiger partial charge in [-0.25, -0.2) is 0 Å². The fraction of sp³-hybridized carbons (Fsp3) is 0.435. The normalized spacial score (nSPS) is 13.2. The highest BCUT2D eigenvalue weighted by molar-refractivity contribution is 6.37. The van der Waals surface area contributed by atoms with E-state index in [1.807, 2.05) is 26.0 Å². The molecule has 0 radical (unpaired) electrons. The first-order valence-electron chi connectivity index (χ1n) is 10.1. The van der Waals surface area contributed by atoms with Crippen molar-refractivity contribution in [1.29, 1.82) is 0 Å². The van der Waals surface area contributed by atoms with Gasteiger partial charge in [0.2, 0.25) is 0 Å². The van der Waals surface area contributed by atoms with Crippen LogP contribution in [-0.2, 0) is 14.9 Å². The van der Waals surface area contributed by atoms with Crippen LogP contribution in [0.2, 0.25) is 10.0 Å².